The van der Waals surface area contributed by atoms with E-state index in [1.54, 1.807) is 0 Å². The number of rotatable bonds is 6. The van der Waals surface area contributed by atoms with Gasteiger partial charge in [-0.05, 0) is 50.1 Å². The number of nitrogens with one attached hydrogen (secondary N) is 1. The standard InChI is InChI=1S/C18H27NO/c1-14-8-15(2)10-17(9-14)12-19-18(13-20)11-16-6-4-3-5-7-16/h3-8,14,17-20H,9-13H2,1-2H3. The fraction of sp³-hybridized carbons (Fsp3) is 0.556. The van der Waals surface area contributed by atoms with E-state index in [1.807, 2.05) is 6.07 Å². The van der Waals surface area contributed by atoms with Gasteiger partial charge in [-0.2, -0.15) is 0 Å². The van der Waals surface area contributed by atoms with Gasteiger partial charge in [0.1, 0.15) is 0 Å². The van der Waals surface area contributed by atoms with Gasteiger partial charge in [0, 0.05) is 6.04 Å². The molecule has 2 rings (SSSR count). The van der Waals surface area contributed by atoms with Crippen molar-refractivity contribution in [3.05, 3.63) is 47.5 Å². The summed E-state index contributed by atoms with van der Waals surface area (Å²) in [5.74, 6) is 1.40. The van der Waals surface area contributed by atoms with Gasteiger partial charge < -0.3 is 10.4 Å². The molecule has 1 aliphatic carbocycles. The Morgan fingerprint density at radius 3 is 2.70 bits per heavy atom. The van der Waals surface area contributed by atoms with Gasteiger partial charge >= 0.3 is 0 Å². The SMILES string of the molecule is CC1=CC(C)CC(CNC(CO)Cc2ccccc2)C1. The van der Waals surface area contributed by atoms with E-state index in [2.05, 4.69) is 49.5 Å². The van der Waals surface area contributed by atoms with E-state index >= 15 is 0 Å². The summed E-state index contributed by atoms with van der Waals surface area (Å²) in [6.45, 7) is 5.73. The van der Waals surface area contributed by atoms with E-state index in [0.29, 0.717) is 11.8 Å². The predicted molar refractivity (Wildman–Crippen MR) is 84.7 cm³/mol. The molecule has 2 nitrogen and oxygen atoms in total. The van der Waals surface area contributed by atoms with Crippen molar-refractivity contribution in [2.45, 2.75) is 39.2 Å². The molecule has 0 amide bonds. The summed E-state index contributed by atoms with van der Waals surface area (Å²) in [4.78, 5) is 0. The van der Waals surface area contributed by atoms with Gasteiger partial charge in [-0.3, -0.25) is 0 Å². The minimum Gasteiger partial charge on any atom is -0.395 e. The van der Waals surface area contributed by atoms with Crippen LogP contribution in [0.5, 0.6) is 0 Å². The van der Waals surface area contributed by atoms with Crippen LogP contribution < -0.4 is 5.32 Å². The maximum absolute atomic E-state index is 9.55. The second-order valence-electron chi connectivity index (χ2n) is 6.27. The Hall–Kier alpha value is -1.12. The average Bonchev–Trinajstić information content (AvgIpc) is 2.43. The van der Waals surface area contributed by atoms with Crippen molar-refractivity contribution in [3.63, 3.8) is 0 Å². The van der Waals surface area contributed by atoms with Crippen LogP contribution in [-0.4, -0.2) is 24.3 Å². The molecule has 0 radical (unpaired) electrons. The predicted octanol–water partition coefficient (Wildman–Crippen LogP) is 3.17. The molecular formula is C18H27NO. The van der Waals surface area contributed by atoms with Crippen LogP contribution in [0.2, 0.25) is 0 Å². The molecule has 0 spiro atoms. The van der Waals surface area contributed by atoms with E-state index in [0.717, 1.165) is 13.0 Å². The van der Waals surface area contributed by atoms with Gasteiger partial charge in [0.15, 0.2) is 0 Å². The molecule has 1 aliphatic rings. The molecule has 0 bridgehead atoms. The summed E-state index contributed by atoms with van der Waals surface area (Å²) in [6, 6.07) is 10.6. The number of aliphatic hydroxyl groups excluding tert-OH is 1. The normalized spacial score (nSPS) is 24.2. The fourth-order valence-electron chi connectivity index (χ4n) is 3.27. The summed E-state index contributed by atoms with van der Waals surface area (Å²) < 4.78 is 0. The van der Waals surface area contributed by atoms with Crippen molar-refractivity contribution in [2.75, 3.05) is 13.2 Å². The maximum Gasteiger partial charge on any atom is 0.0587 e. The van der Waals surface area contributed by atoms with Crippen molar-refractivity contribution in [3.8, 4) is 0 Å². The Kier molecular flexibility index (Phi) is 5.81. The molecule has 20 heavy (non-hydrogen) atoms. The maximum atomic E-state index is 9.55. The topological polar surface area (TPSA) is 32.3 Å². The molecule has 3 atom stereocenters. The van der Waals surface area contributed by atoms with Crippen LogP contribution in [-0.2, 0) is 6.42 Å². The highest BCUT2D eigenvalue weighted by atomic mass is 16.3. The molecule has 0 saturated heterocycles. The first-order chi connectivity index (χ1) is 9.67. The zero-order valence-electron chi connectivity index (χ0n) is 12.7. The molecule has 1 aromatic rings. The van der Waals surface area contributed by atoms with Gasteiger partial charge in [-0.1, -0.05) is 48.9 Å². The Labute approximate surface area is 122 Å². The summed E-state index contributed by atoms with van der Waals surface area (Å²) >= 11 is 0. The average molecular weight is 273 g/mol. The van der Waals surface area contributed by atoms with Gasteiger partial charge in [0.25, 0.3) is 0 Å². The van der Waals surface area contributed by atoms with Gasteiger partial charge in [-0.15, -0.1) is 0 Å². The van der Waals surface area contributed by atoms with E-state index in [1.165, 1.54) is 24.0 Å². The molecule has 0 heterocycles. The Bertz CT molecular complexity index is 426. The summed E-state index contributed by atoms with van der Waals surface area (Å²) in [7, 11) is 0. The van der Waals surface area contributed by atoms with Gasteiger partial charge in [0.2, 0.25) is 0 Å². The summed E-state index contributed by atoms with van der Waals surface area (Å²) in [6.07, 6.45) is 5.74. The largest absolute Gasteiger partial charge is 0.395 e. The first-order valence-corrected chi connectivity index (χ1v) is 7.73. The van der Waals surface area contributed by atoms with Gasteiger partial charge in [-0.25, -0.2) is 0 Å². The molecule has 3 unspecified atom stereocenters. The molecule has 0 aromatic heterocycles. The number of allylic oxidation sites excluding steroid dienone is 2. The number of aliphatic hydroxyl groups is 1. The summed E-state index contributed by atoms with van der Waals surface area (Å²) in [5, 5.41) is 13.1. The zero-order chi connectivity index (χ0) is 14.4. The van der Waals surface area contributed by atoms with E-state index in [-0.39, 0.29) is 12.6 Å². The van der Waals surface area contributed by atoms with Crippen molar-refractivity contribution >= 4 is 0 Å². The Balaban J connectivity index is 1.81. The molecule has 0 fully saturated rings. The van der Waals surface area contributed by atoms with Crippen LogP contribution in [0.3, 0.4) is 0 Å². The quantitative estimate of drug-likeness (QED) is 0.780. The van der Waals surface area contributed by atoms with E-state index in [9.17, 15) is 5.11 Å². The highest BCUT2D eigenvalue weighted by Crippen LogP contribution is 2.27. The Morgan fingerprint density at radius 2 is 2.05 bits per heavy atom. The molecule has 0 saturated carbocycles. The molecule has 110 valence electrons. The summed E-state index contributed by atoms with van der Waals surface area (Å²) in [5.41, 5.74) is 2.80. The lowest BCUT2D eigenvalue weighted by Crippen LogP contribution is -2.38. The monoisotopic (exact) mass is 273 g/mol. The highest BCUT2D eigenvalue weighted by Gasteiger charge is 2.19. The van der Waals surface area contributed by atoms with Crippen LogP contribution in [0, 0.1) is 11.8 Å². The van der Waals surface area contributed by atoms with E-state index < -0.39 is 0 Å². The molecule has 2 N–H and O–H groups in total. The fourth-order valence-corrected chi connectivity index (χ4v) is 3.27. The smallest absolute Gasteiger partial charge is 0.0587 e. The number of hydrogen-bond acceptors (Lipinski definition) is 2. The van der Waals surface area contributed by atoms with Crippen LogP contribution in [0.1, 0.15) is 32.3 Å². The van der Waals surface area contributed by atoms with Crippen LogP contribution in [0.4, 0.5) is 0 Å². The zero-order valence-corrected chi connectivity index (χ0v) is 12.7. The minimum absolute atomic E-state index is 0.166. The first-order valence-electron chi connectivity index (χ1n) is 7.73. The Morgan fingerprint density at radius 1 is 1.30 bits per heavy atom. The van der Waals surface area contributed by atoms with Crippen LogP contribution in [0.25, 0.3) is 0 Å². The highest BCUT2D eigenvalue weighted by molar-refractivity contribution is 5.16. The minimum atomic E-state index is 0.166. The molecule has 1 aromatic carbocycles. The number of hydrogen-bond donors (Lipinski definition) is 2. The van der Waals surface area contributed by atoms with Crippen LogP contribution >= 0.6 is 0 Å². The third-order valence-electron chi connectivity index (χ3n) is 4.13. The van der Waals surface area contributed by atoms with Crippen LogP contribution in [0.15, 0.2) is 42.0 Å². The molecule has 2 heteroatoms. The second kappa shape index (κ2) is 7.61. The van der Waals surface area contributed by atoms with Crippen molar-refractivity contribution < 1.29 is 5.11 Å². The number of benzene rings is 1. The van der Waals surface area contributed by atoms with Crippen molar-refractivity contribution in [1.29, 1.82) is 0 Å². The lowest BCUT2D eigenvalue weighted by molar-refractivity contribution is 0.232. The first kappa shape index (κ1) is 15.3. The molecular weight excluding hydrogens is 246 g/mol. The van der Waals surface area contributed by atoms with Gasteiger partial charge in [0.05, 0.1) is 6.61 Å². The third-order valence-corrected chi connectivity index (χ3v) is 4.13. The lowest BCUT2D eigenvalue weighted by Gasteiger charge is -2.27. The van der Waals surface area contributed by atoms with Crippen molar-refractivity contribution in [1.82, 2.24) is 5.32 Å². The van der Waals surface area contributed by atoms with Crippen molar-refractivity contribution in [2.24, 2.45) is 11.8 Å². The van der Waals surface area contributed by atoms with E-state index in [4.69, 9.17) is 0 Å². The molecule has 0 aliphatic heterocycles. The second-order valence-corrected chi connectivity index (χ2v) is 6.27. The third kappa shape index (κ3) is 4.77. The lowest BCUT2D eigenvalue weighted by atomic mass is 9.83.